The van der Waals surface area contributed by atoms with Crippen molar-refractivity contribution in [3.8, 4) is 0 Å². The number of amides is 1. The van der Waals surface area contributed by atoms with Gasteiger partial charge in [0.25, 0.3) is 5.91 Å². The Bertz CT molecular complexity index is 1330. The molecule has 2 aromatic carbocycles. The van der Waals surface area contributed by atoms with Gasteiger partial charge in [-0.2, -0.15) is 0 Å². The van der Waals surface area contributed by atoms with E-state index in [1.165, 1.54) is 0 Å². The minimum absolute atomic E-state index is 0.00943. The van der Waals surface area contributed by atoms with Gasteiger partial charge in [0.1, 0.15) is 0 Å². The summed E-state index contributed by atoms with van der Waals surface area (Å²) < 4.78 is 14.8. The number of nitrogens with zero attached hydrogens (tertiary/aromatic N) is 3. The van der Waals surface area contributed by atoms with Crippen molar-refractivity contribution in [2.45, 2.75) is 43.2 Å². The van der Waals surface area contributed by atoms with E-state index in [-0.39, 0.29) is 24.7 Å². The molecule has 9 heteroatoms. The number of aliphatic hydroxyl groups excluding tert-OH is 1. The predicted molar refractivity (Wildman–Crippen MR) is 144 cm³/mol. The summed E-state index contributed by atoms with van der Waals surface area (Å²) in [5.74, 6) is 0.582. The van der Waals surface area contributed by atoms with Crippen LogP contribution in [0.3, 0.4) is 0 Å². The summed E-state index contributed by atoms with van der Waals surface area (Å²) in [5.41, 5.74) is 4.33. The molecular formula is C29H30N4O4S. The molecule has 196 valence electrons. The zero-order chi connectivity index (χ0) is 26.3. The van der Waals surface area contributed by atoms with Crippen LogP contribution >= 0.6 is 11.8 Å². The highest BCUT2D eigenvalue weighted by Crippen LogP contribution is 2.39. The smallest absolute Gasteiger partial charge is 0.253 e. The van der Waals surface area contributed by atoms with Gasteiger partial charge in [0.2, 0.25) is 0 Å². The highest BCUT2D eigenvalue weighted by atomic mass is 32.2. The average molecular weight is 531 g/mol. The number of ether oxygens (including phenoxy) is 2. The minimum atomic E-state index is -0.530. The fourth-order valence-corrected chi connectivity index (χ4v) is 5.20. The second kappa shape index (κ2) is 12.4. The highest BCUT2D eigenvalue weighted by molar-refractivity contribution is 7.99. The highest BCUT2D eigenvalue weighted by Gasteiger charge is 2.32. The summed E-state index contributed by atoms with van der Waals surface area (Å²) in [5, 5.41) is 13.3. The van der Waals surface area contributed by atoms with Gasteiger partial charge in [-0.25, -0.2) is 4.98 Å². The van der Waals surface area contributed by atoms with Crippen molar-refractivity contribution >= 4 is 17.7 Å². The monoisotopic (exact) mass is 530 g/mol. The number of aryl methyl sites for hydroxylation is 1. The van der Waals surface area contributed by atoms with Crippen LogP contribution in [0.15, 0.2) is 90.6 Å². The number of carbonyl (C=O) groups is 1. The second-order valence-corrected chi connectivity index (χ2v) is 10.1. The number of pyridine rings is 1. The Balaban J connectivity index is 1.27. The van der Waals surface area contributed by atoms with Crippen molar-refractivity contribution in [2.75, 3.05) is 5.75 Å². The maximum atomic E-state index is 12.3. The van der Waals surface area contributed by atoms with E-state index in [0.29, 0.717) is 18.5 Å². The summed E-state index contributed by atoms with van der Waals surface area (Å²) >= 11 is 1.66. The summed E-state index contributed by atoms with van der Waals surface area (Å²) in [6, 6.07) is 19.3. The second-order valence-electron chi connectivity index (χ2n) is 9.15. The fraction of sp³-hybridized carbons (Fsp3) is 0.276. The molecule has 2 aromatic heterocycles. The molecule has 1 aliphatic rings. The largest absolute Gasteiger partial charge is 0.392 e. The number of nitrogens with one attached hydrogen (secondary N) is 1. The summed E-state index contributed by atoms with van der Waals surface area (Å²) in [6.45, 7) is 0.415. The molecule has 38 heavy (non-hydrogen) atoms. The maximum Gasteiger partial charge on any atom is 0.253 e. The standard InChI is InChI=1S/C29H30N4O4S/c1-33-14-13-31-29(33)38-19-25-15-26(22-8-6-21(18-34)7-9-22)37-28(36-25)23-10-4-20(5-11-23)16-32-27(35)24-3-2-12-30-17-24/h2-14,17,25-26,28,34H,15-16,18-19H2,1H3,(H,32,35)/t25-,26+,28+/m0/s1. The number of aromatic nitrogens is 3. The number of carbonyl (C=O) groups excluding carboxylic acids is 1. The summed E-state index contributed by atoms with van der Waals surface area (Å²) in [4.78, 5) is 20.7. The third-order valence-electron chi connectivity index (χ3n) is 6.42. The SMILES string of the molecule is Cn1ccnc1SC[C@@H]1C[C@H](c2ccc(CO)cc2)O[C@H](c2ccc(CNC(=O)c3cccnc3)cc2)O1. The molecule has 0 unspecified atom stereocenters. The zero-order valence-corrected chi connectivity index (χ0v) is 21.9. The van der Waals surface area contributed by atoms with Crippen molar-refractivity contribution < 1.29 is 19.4 Å². The lowest BCUT2D eigenvalue weighted by atomic mass is 10.0. The predicted octanol–water partition coefficient (Wildman–Crippen LogP) is 4.58. The van der Waals surface area contributed by atoms with Gasteiger partial charge in [-0.15, -0.1) is 0 Å². The topological polar surface area (TPSA) is 98.5 Å². The molecule has 4 aromatic rings. The van der Waals surface area contributed by atoms with Crippen molar-refractivity contribution in [3.63, 3.8) is 0 Å². The van der Waals surface area contributed by atoms with Crippen LogP contribution < -0.4 is 5.32 Å². The first-order valence-corrected chi connectivity index (χ1v) is 13.5. The number of hydrogen-bond acceptors (Lipinski definition) is 7. The molecule has 0 spiro atoms. The average Bonchev–Trinajstić information content (AvgIpc) is 3.39. The van der Waals surface area contributed by atoms with Gasteiger partial charge in [0.15, 0.2) is 11.4 Å². The van der Waals surface area contributed by atoms with Gasteiger partial charge in [-0.05, 0) is 28.8 Å². The Labute approximate surface area is 226 Å². The Morgan fingerprint density at radius 3 is 2.50 bits per heavy atom. The maximum absolute atomic E-state index is 12.3. The molecule has 0 bridgehead atoms. The fourth-order valence-electron chi connectivity index (χ4n) is 4.26. The van der Waals surface area contributed by atoms with Gasteiger partial charge in [0, 0.05) is 56.1 Å². The van der Waals surface area contributed by atoms with Crippen LogP contribution in [0.1, 0.15) is 51.4 Å². The quantitative estimate of drug-likeness (QED) is 0.306. The first kappa shape index (κ1) is 26.1. The zero-order valence-electron chi connectivity index (χ0n) is 21.1. The van der Waals surface area contributed by atoms with E-state index in [2.05, 4.69) is 15.3 Å². The van der Waals surface area contributed by atoms with Crippen LogP contribution in [0, 0.1) is 0 Å². The Morgan fingerprint density at radius 1 is 1.05 bits per heavy atom. The van der Waals surface area contributed by atoms with E-state index in [9.17, 15) is 9.90 Å². The molecule has 0 saturated carbocycles. The van der Waals surface area contributed by atoms with Crippen molar-refractivity contribution in [1.29, 1.82) is 0 Å². The first-order valence-electron chi connectivity index (χ1n) is 12.5. The molecule has 8 nitrogen and oxygen atoms in total. The first-order chi connectivity index (χ1) is 18.6. The normalized spacial score (nSPS) is 19.3. The van der Waals surface area contributed by atoms with Gasteiger partial charge in [-0.3, -0.25) is 9.78 Å². The van der Waals surface area contributed by atoms with E-state index in [0.717, 1.165) is 33.2 Å². The van der Waals surface area contributed by atoms with Crippen LogP contribution in [0.2, 0.25) is 0 Å². The van der Waals surface area contributed by atoms with E-state index < -0.39 is 6.29 Å². The molecule has 1 amide bonds. The van der Waals surface area contributed by atoms with Crippen LogP contribution in [0.5, 0.6) is 0 Å². The lowest BCUT2D eigenvalue weighted by molar-refractivity contribution is -0.245. The van der Waals surface area contributed by atoms with Gasteiger partial charge >= 0.3 is 0 Å². The van der Waals surface area contributed by atoms with E-state index in [1.807, 2.05) is 66.3 Å². The van der Waals surface area contributed by atoms with Gasteiger partial charge in [0.05, 0.1) is 24.4 Å². The third kappa shape index (κ3) is 6.49. The van der Waals surface area contributed by atoms with E-state index in [4.69, 9.17) is 9.47 Å². The van der Waals surface area contributed by atoms with Crippen LogP contribution in [-0.2, 0) is 29.7 Å². The van der Waals surface area contributed by atoms with E-state index in [1.54, 1.807) is 42.5 Å². The number of thioether (sulfide) groups is 1. The van der Waals surface area contributed by atoms with Crippen molar-refractivity contribution in [2.24, 2.45) is 7.05 Å². The van der Waals surface area contributed by atoms with Crippen molar-refractivity contribution in [1.82, 2.24) is 19.9 Å². The van der Waals surface area contributed by atoms with Crippen LogP contribution in [0.25, 0.3) is 0 Å². The lowest BCUT2D eigenvalue weighted by Crippen LogP contribution is -2.31. The Hall–Kier alpha value is -3.50. The molecular weight excluding hydrogens is 500 g/mol. The number of hydrogen-bond donors (Lipinski definition) is 2. The van der Waals surface area contributed by atoms with Gasteiger partial charge < -0.3 is 24.5 Å². The lowest BCUT2D eigenvalue weighted by Gasteiger charge is -2.36. The Morgan fingerprint density at radius 2 is 1.82 bits per heavy atom. The molecule has 0 aliphatic carbocycles. The summed E-state index contributed by atoms with van der Waals surface area (Å²) in [6.07, 6.45) is 6.91. The van der Waals surface area contributed by atoms with Crippen molar-refractivity contribution in [3.05, 3.63) is 113 Å². The molecule has 2 N–H and O–H groups in total. The molecule has 1 saturated heterocycles. The number of benzene rings is 2. The molecule has 3 atom stereocenters. The van der Waals surface area contributed by atoms with E-state index >= 15 is 0 Å². The number of rotatable bonds is 9. The molecule has 1 aliphatic heterocycles. The minimum Gasteiger partial charge on any atom is -0.392 e. The molecule has 1 fully saturated rings. The molecule has 0 radical (unpaired) electrons. The molecule has 5 rings (SSSR count). The molecule has 3 heterocycles. The van der Waals surface area contributed by atoms with Crippen LogP contribution in [0.4, 0.5) is 0 Å². The number of aliphatic hydroxyl groups is 1. The van der Waals surface area contributed by atoms with Gasteiger partial charge in [-0.1, -0.05) is 60.3 Å². The third-order valence-corrected chi connectivity index (χ3v) is 7.61. The summed E-state index contributed by atoms with van der Waals surface area (Å²) in [7, 11) is 1.98. The number of imidazole rings is 1. The van der Waals surface area contributed by atoms with Crippen LogP contribution in [-0.4, -0.2) is 37.4 Å². The Kier molecular flexibility index (Phi) is 8.50.